The first-order valence-corrected chi connectivity index (χ1v) is 47.0. The zero-order valence-electron chi connectivity index (χ0n) is 83.3. The van der Waals surface area contributed by atoms with E-state index < -0.39 is 11.7 Å². The van der Waals surface area contributed by atoms with Crippen molar-refractivity contribution in [1.29, 1.82) is 0 Å². The van der Waals surface area contributed by atoms with Crippen molar-refractivity contribution in [3.05, 3.63) is 459 Å². The average molecular weight is 1820 g/mol. The van der Waals surface area contributed by atoms with E-state index in [0.29, 0.717) is 5.56 Å². The molecule has 0 saturated heterocycles. The van der Waals surface area contributed by atoms with E-state index in [2.05, 4.69) is 263 Å². The van der Waals surface area contributed by atoms with Crippen LogP contribution in [0.1, 0.15) is 170 Å². The lowest BCUT2D eigenvalue weighted by Gasteiger charge is -2.15. The quantitative estimate of drug-likeness (QED) is 0.0760. The van der Waals surface area contributed by atoms with Gasteiger partial charge < -0.3 is 40.1 Å². The second-order valence-corrected chi connectivity index (χ2v) is 30.5. The molecule has 12 nitrogen and oxygen atoms in total. The highest BCUT2D eigenvalue weighted by molar-refractivity contribution is 6.11. The summed E-state index contributed by atoms with van der Waals surface area (Å²) in [6.07, 6.45) is 1.45. The maximum Gasteiger partial charge on any atom is 0.417 e. The number of hydrogen-bond acceptors (Lipinski definition) is 12. The summed E-state index contributed by atoms with van der Waals surface area (Å²) in [5, 5.41) is 0. The number of benzene rings is 15. The van der Waals surface area contributed by atoms with E-state index in [1.807, 2.05) is 197 Å². The maximum atomic E-state index is 13.1. The first kappa shape index (κ1) is 112. The summed E-state index contributed by atoms with van der Waals surface area (Å²) in [5.74, 6) is 0. The van der Waals surface area contributed by atoms with Crippen molar-refractivity contribution in [3.8, 4) is 22.3 Å². The molecule has 0 amide bonds. The molecule has 15 aromatic rings. The molecule has 0 atom stereocenters. The van der Waals surface area contributed by atoms with Crippen molar-refractivity contribution in [2.24, 2.45) is 42.2 Å². The van der Waals surface area contributed by atoms with Crippen molar-refractivity contribution >= 4 is 79.7 Å². The summed E-state index contributed by atoms with van der Waals surface area (Å²) in [6, 6.07) is 121. The van der Waals surface area contributed by atoms with Crippen molar-refractivity contribution in [2.75, 3.05) is 44.1 Å². The Labute approximate surface area is 810 Å². The van der Waals surface area contributed by atoms with E-state index in [0.717, 1.165) is 123 Å². The molecule has 15 aromatic carbocycles. The highest BCUT2D eigenvalue weighted by atomic mass is 19.4. The Balaban J connectivity index is 0.000000276. The number of para-hydroxylation sites is 5. The molecule has 708 valence electrons. The molecule has 0 aliphatic carbocycles. The fourth-order valence-corrected chi connectivity index (χ4v) is 14.2. The van der Waals surface area contributed by atoms with E-state index in [1.54, 1.807) is 19.1 Å². The lowest BCUT2D eigenvalue weighted by Crippen LogP contribution is -2.08. The number of rotatable bonds is 7. The number of aryl methyl sites for hydroxylation is 6. The minimum absolute atomic E-state index is 0.112. The Kier molecular flexibility index (Phi) is 50.5. The van der Waals surface area contributed by atoms with Gasteiger partial charge in [0.25, 0.3) is 0 Å². The lowest BCUT2D eigenvalue weighted by atomic mass is 9.94. The van der Waals surface area contributed by atoms with Gasteiger partial charge in [-0.3, -0.25) is 25.0 Å². The maximum absolute atomic E-state index is 13.1. The van der Waals surface area contributed by atoms with Gasteiger partial charge in [0.2, 0.25) is 0 Å². The standard InChI is InChI=1S/2C22H16N2.C15H14F3N.C15H17N.C14H11N.C7H8.2C6H7N.C3H8.4C2H6.3CH5N/c1-3-7-19-17(5-1)13-21(23-19)15-9-11-16(12-10-15)22-14-18-6-2-4-8-20(18)24-22;1-3-7-15(8-4-1)19-12-17-11-18-13-20(16-9-5-2-6-10-16)24-22(18)14-21(17)23-19;1-9-3-5-12(10(2)7-9)13-6-4-11(19)8-14(13)15(16,17)18;1-10-4-5-13(8-11(10)2)14-6-7-15(16)12(3)9-14;1-2-6-11(7-3-1)14-10-12-8-4-5-9-13(12)15-14;1-7-5-3-2-4-6-7;2*7-6-4-2-1-3-5-6;1-3-2;7*1-2/h1-12H,13-14H2;1-11,14H,12-13H2;3-8H,19H2,1-2H3;4-9H,16H2,1-3H3;1-9H,10H2;2-6H,1H3;2*1-5H,7H2;3H2,1-2H3;4*1-2H3;3*2H2,1H3. The van der Waals surface area contributed by atoms with Crippen LogP contribution >= 0.6 is 0 Å². The minimum atomic E-state index is -4.41. The van der Waals surface area contributed by atoms with Crippen molar-refractivity contribution in [3.63, 3.8) is 0 Å². The van der Waals surface area contributed by atoms with Gasteiger partial charge in [-0.15, -0.1) is 0 Å². The Morgan fingerprint density at radius 2 is 0.529 bits per heavy atom. The molecule has 15 heteroatoms. The SMILES string of the molecule is CC.CC.CC.CC.CCC.CN.CN.CN.Cc1ccc(-c2ccc(N)c(C)c2)cc1C.Cc1ccc(-c2ccc(N)cc2C(F)(F)F)c(C)c1.Cc1ccccc1.Nc1ccccc1.Nc1ccccc1.c1ccc(C2=Nc3cc4c(cc3C2)CC(c2ccccc2)=N4)cc1.c1ccc(C2=Nc3ccccc3C2)cc1.c1ccc2c(c1)CC(c1ccc(C3=Nc4ccccc4C3)cc1)=N2. The molecule has 0 spiro atoms. The second kappa shape index (κ2) is 61.3. The van der Waals surface area contributed by atoms with Crippen LogP contribution in [0.3, 0.4) is 0 Å². The zero-order valence-corrected chi connectivity index (χ0v) is 83.3. The van der Waals surface area contributed by atoms with E-state index in [-0.39, 0.29) is 11.3 Å². The second-order valence-electron chi connectivity index (χ2n) is 30.5. The van der Waals surface area contributed by atoms with Gasteiger partial charge in [-0.25, -0.2) is 0 Å². The van der Waals surface area contributed by atoms with Crippen molar-refractivity contribution in [1.82, 2.24) is 0 Å². The summed E-state index contributed by atoms with van der Waals surface area (Å²) in [5.41, 5.74) is 71.5. The monoisotopic (exact) mass is 1820 g/mol. The molecular formula is C121H143F3N12. The van der Waals surface area contributed by atoms with Crippen LogP contribution < -0.4 is 40.1 Å². The molecule has 5 heterocycles. The molecule has 14 N–H and O–H groups in total. The fourth-order valence-electron chi connectivity index (χ4n) is 14.2. The number of nitrogen functional groups attached to an aromatic ring is 4. The van der Waals surface area contributed by atoms with Crippen molar-refractivity contribution < 1.29 is 13.2 Å². The smallest absolute Gasteiger partial charge is 0.399 e. The van der Waals surface area contributed by atoms with Gasteiger partial charge in [-0.05, 0) is 236 Å². The summed E-state index contributed by atoms with van der Waals surface area (Å²) in [7, 11) is 4.50. The third-order valence-electron chi connectivity index (χ3n) is 20.9. The van der Waals surface area contributed by atoms with Crippen LogP contribution in [0.4, 0.5) is 64.4 Å². The number of nitrogens with zero attached hydrogens (tertiary/aromatic N) is 5. The topological polar surface area (TPSA) is 244 Å². The highest BCUT2D eigenvalue weighted by Crippen LogP contribution is 2.42. The molecule has 136 heavy (non-hydrogen) atoms. The molecule has 0 fully saturated rings. The largest absolute Gasteiger partial charge is 0.417 e. The molecule has 5 aliphatic rings. The van der Waals surface area contributed by atoms with Crippen LogP contribution in [0.2, 0.25) is 0 Å². The van der Waals surface area contributed by atoms with Crippen LogP contribution in [0, 0.1) is 41.5 Å². The molecule has 0 radical (unpaired) electrons. The normalized spacial score (nSPS) is 11.3. The van der Waals surface area contributed by atoms with Gasteiger partial charge in [-0.2, -0.15) is 13.2 Å². The molecular weight excluding hydrogens is 1680 g/mol. The molecule has 0 unspecified atom stereocenters. The first-order valence-electron chi connectivity index (χ1n) is 47.0. The molecule has 5 aliphatic heterocycles. The van der Waals surface area contributed by atoms with Crippen LogP contribution in [0.25, 0.3) is 22.3 Å². The van der Waals surface area contributed by atoms with E-state index in [1.165, 1.54) is 129 Å². The van der Waals surface area contributed by atoms with Gasteiger partial charge in [0.15, 0.2) is 0 Å². The Morgan fingerprint density at radius 1 is 0.235 bits per heavy atom. The van der Waals surface area contributed by atoms with E-state index in [9.17, 15) is 13.2 Å². The Hall–Kier alpha value is -14.5. The predicted octanol–water partition coefficient (Wildman–Crippen LogP) is 30.7. The minimum Gasteiger partial charge on any atom is -0.399 e. The van der Waals surface area contributed by atoms with Gasteiger partial charge in [0, 0.05) is 54.9 Å². The van der Waals surface area contributed by atoms with Crippen LogP contribution in [0.15, 0.2) is 389 Å². The molecule has 0 aromatic heterocycles. The number of anilines is 4. The van der Waals surface area contributed by atoms with Crippen LogP contribution in [-0.2, 0) is 38.3 Å². The summed E-state index contributed by atoms with van der Waals surface area (Å²) in [6.45, 7) is 32.4. The number of nitrogens with two attached hydrogens (primary N) is 7. The number of aliphatic imine (C=N–C) groups is 5. The van der Waals surface area contributed by atoms with Gasteiger partial charge >= 0.3 is 6.18 Å². The van der Waals surface area contributed by atoms with Crippen LogP contribution in [-0.4, -0.2) is 49.7 Å². The molecule has 0 bridgehead atoms. The Bertz CT molecular complexity index is 5870. The van der Waals surface area contributed by atoms with E-state index in [4.69, 9.17) is 42.9 Å². The third kappa shape index (κ3) is 35.2. The zero-order chi connectivity index (χ0) is 99.9. The summed E-state index contributed by atoms with van der Waals surface area (Å²) in [4.78, 5) is 23.9. The number of halogens is 3. The van der Waals surface area contributed by atoms with Gasteiger partial charge in [0.05, 0.1) is 62.6 Å². The number of alkyl halides is 3. The number of hydrogen-bond donors (Lipinski definition) is 7. The average Bonchev–Trinajstić information content (AvgIpc) is 1.49. The summed E-state index contributed by atoms with van der Waals surface area (Å²) < 4.78 is 39.2. The van der Waals surface area contributed by atoms with Gasteiger partial charge in [-0.1, -0.05) is 378 Å². The first-order chi connectivity index (χ1) is 66.1. The lowest BCUT2D eigenvalue weighted by molar-refractivity contribution is -0.137. The summed E-state index contributed by atoms with van der Waals surface area (Å²) >= 11 is 0. The van der Waals surface area contributed by atoms with E-state index >= 15 is 0 Å². The van der Waals surface area contributed by atoms with Gasteiger partial charge in [0.1, 0.15) is 0 Å². The fraction of sp³-hybridized carbons (Fsp3) is 0.215. The van der Waals surface area contributed by atoms with Crippen molar-refractivity contribution in [2.45, 2.75) is 155 Å². The third-order valence-corrected chi connectivity index (χ3v) is 20.9. The molecule has 0 saturated carbocycles. The highest BCUT2D eigenvalue weighted by Gasteiger charge is 2.34. The predicted molar refractivity (Wildman–Crippen MR) is 587 cm³/mol. The van der Waals surface area contributed by atoms with Crippen LogP contribution in [0.5, 0.6) is 0 Å². The number of fused-ring (bicyclic) bond motifs is 5. The Morgan fingerprint density at radius 3 is 0.838 bits per heavy atom. The molecule has 20 rings (SSSR count).